The minimum atomic E-state index is -0.271. The summed E-state index contributed by atoms with van der Waals surface area (Å²) in [6.07, 6.45) is 1.40. The van der Waals surface area contributed by atoms with Crippen LogP contribution in [-0.2, 0) is 4.79 Å². The molecule has 0 saturated heterocycles. The van der Waals surface area contributed by atoms with Gasteiger partial charge in [-0.1, -0.05) is 26.0 Å². The fourth-order valence-electron chi connectivity index (χ4n) is 2.33. The third-order valence-corrected chi connectivity index (χ3v) is 3.36. The first-order valence-corrected chi connectivity index (χ1v) is 7.17. The van der Waals surface area contributed by atoms with E-state index in [1.165, 1.54) is 12.1 Å². The molecular formula is C16H25FN2O. The van der Waals surface area contributed by atoms with Crippen LogP contribution < -0.4 is 11.1 Å². The molecule has 0 aliphatic carbocycles. The van der Waals surface area contributed by atoms with E-state index >= 15 is 0 Å². The summed E-state index contributed by atoms with van der Waals surface area (Å²) in [6.45, 7) is 6.67. The average Bonchev–Trinajstić information content (AvgIpc) is 2.37. The molecule has 0 radical (unpaired) electrons. The van der Waals surface area contributed by atoms with Crippen molar-refractivity contribution in [2.24, 2.45) is 17.6 Å². The molecule has 20 heavy (non-hydrogen) atoms. The Labute approximate surface area is 120 Å². The molecule has 1 rings (SSSR count). The van der Waals surface area contributed by atoms with Crippen molar-refractivity contribution in [3.05, 3.63) is 35.6 Å². The molecule has 0 spiro atoms. The lowest BCUT2D eigenvalue weighted by molar-refractivity contribution is -0.122. The van der Waals surface area contributed by atoms with Gasteiger partial charge in [-0.3, -0.25) is 4.79 Å². The summed E-state index contributed by atoms with van der Waals surface area (Å²) in [5, 5.41) is 2.94. The zero-order valence-electron chi connectivity index (χ0n) is 12.5. The van der Waals surface area contributed by atoms with Gasteiger partial charge in [0.25, 0.3) is 0 Å². The number of carbonyl (C=O) groups excluding carboxylic acids is 1. The van der Waals surface area contributed by atoms with Gasteiger partial charge in [-0.05, 0) is 49.4 Å². The number of carbonyl (C=O) groups is 1. The molecule has 3 N–H and O–H groups in total. The van der Waals surface area contributed by atoms with E-state index < -0.39 is 0 Å². The van der Waals surface area contributed by atoms with Crippen molar-refractivity contribution >= 4 is 5.91 Å². The Bertz CT molecular complexity index is 417. The maximum absolute atomic E-state index is 12.9. The van der Waals surface area contributed by atoms with Crippen molar-refractivity contribution in [1.82, 2.24) is 5.32 Å². The third kappa shape index (κ3) is 5.70. The van der Waals surface area contributed by atoms with Gasteiger partial charge in [-0.2, -0.15) is 0 Å². The molecule has 3 nitrogen and oxygen atoms in total. The van der Waals surface area contributed by atoms with Crippen LogP contribution in [0, 0.1) is 17.7 Å². The van der Waals surface area contributed by atoms with E-state index in [9.17, 15) is 9.18 Å². The summed E-state index contributed by atoms with van der Waals surface area (Å²) in [4.78, 5) is 12.0. The molecule has 0 aliphatic heterocycles. The lowest BCUT2D eigenvalue weighted by Crippen LogP contribution is -2.30. The molecule has 112 valence electrons. The van der Waals surface area contributed by atoms with Gasteiger partial charge in [0.15, 0.2) is 0 Å². The van der Waals surface area contributed by atoms with E-state index in [1.54, 1.807) is 12.1 Å². The highest BCUT2D eigenvalue weighted by atomic mass is 19.1. The number of hydrogen-bond acceptors (Lipinski definition) is 2. The Balaban J connectivity index is 2.50. The third-order valence-electron chi connectivity index (χ3n) is 3.36. The predicted octanol–water partition coefficient (Wildman–Crippen LogP) is 3.01. The van der Waals surface area contributed by atoms with Crippen LogP contribution in [0.1, 0.15) is 45.2 Å². The normalized spacial score (nSPS) is 14.1. The van der Waals surface area contributed by atoms with Crippen LogP contribution in [0.5, 0.6) is 0 Å². The summed E-state index contributed by atoms with van der Waals surface area (Å²) in [5.74, 6) is 0.478. The Morgan fingerprint density at radius 3 is 2.35 bits per heavy atom. The van der Waals surface area contributed by atoms with Crippen molar-refractivity contribution in [2.75, 3.05) is 6.54 Å². The number of nitrogens with one attached hydrogen (secondary N) is 1. The topological polar surface area (TPSA) is 55.1 Å². The highest BCUT2D eigenvalue weighted by Crippen LogP contribution is 2.16. The van der Waals surface area contributed by atoms with Crippen molar-refractivity contribution in [2.45, 2.75) is 39.7 Å². The monoisotopic (exact) mass is 280 g/mol. The van der Waals surface area contributed by atoms with Crippen LogP contribution in [0.4, 0.5) is 4.39 Å². The number of benzene rings is 1. The first-order valence-electron chi connectivity index (χ1n) is 7.17. The smallest absolute Gasteiger partial charge is 0.220 e. The fraction of sp³-hybridized carbons (Fsp3) is 0.562. The Morgan fingerprint density at radius 2 is 1.85 bits per heavy atom. The van der Waals surface area contributed by atoms with Crippen LogP contribution in [0.15, 0.2) is 24.3 Å². The van der Waals surface area contributed by atoms with Gasteiger partial charge in [0.1, 0.15) is 5.82 Å². The summed E-state index contributed by atoms with van der Waals surface area (Å²) >= 11 is 0. The minimum Gasteiger partial charge on any atom is -0.350 e. The number of halogens is 1. The minimum absolute atomic E-state index is 0.00192. The van der Waals surface area contributed by atoms with Gasteiger partial charge in [0, 0.05) is 6.42 Å². The van der Waals surface area contributed by atoms with Crippen molar-refractivity contribution in [3.8, 4) is 0 Å². The first-order chi connectivity index (χ1) is 9.42. The molecule has 1 amide bonds. The summed E-state index contributed by atoms with van der Waals surface area (Å²) < 4.78 is 12.9. The highest BCUT2D eigenvalue weighted by Gasteiger charge is 2.16. The van der Waals surface area contributed by atoms with Crippen molar-refractivity contribution in [3.63, 3.8) is 0 Å². The molecule has 0 saturated carbocycles. The summed E-state index contributed by atoms with van der Waals surface area (Å²) in [6, 6.07) is 6.06. The second-order valence-corrected chi connectivity index (χ2v) is 5.78. The molecule has 0 aliphatic rings. The molecule has 0 heterocycles. The number of rotatable bonds is 7. The Morgan fingerprint density at radius 1 is 1.25 bits per heavy atom. The quantitative estimate of drug-likeness (QED) is 0.806. The van der Waals surface area contributed by atoms with E-state index in [1.807, 2.05) is 6.92 Å². The van der Waals surface area contributed by atoms with Crippen molar-refractivity contribution in [1.29, 1.82) is 0 Å². The van der Waals surface area contributed by atoms with Crippen molar-refractivity contribution < 1.29 is 9.18 Å². The number of hydrogen-bond donors (Lipinski definition) is 2. The largest absolute Gasteiger partial charge is 0.350 e. The van der Waals surface area contributed by atoms with Gasteiger partial charge >= 0.3 is 0 Å². The van der Waals surface area contributed by atoms with Crippen LogP contribution in [0.3, 0.4) is 0 Å². The van der Waals surface area contributed by atoms with E-state index in [4.69, 9.17) is 5.73 Å². The SMILES string of the molecule is CC(C)CC(CN)CC(=O)N[C@@H](C)c1ccc(F)cc1. The van der Waals surface area contributed by atoms with Crippen LogP contribution in [-0.4, -0.2) is 12.5 Å². The van der Waals surface area contributed by atoms with E-state index in [-0.39, 0.29) is 23.7 Å². The second-order valence-electron chi connectivity index (χ2n) is 5.78. The maximum Gasteiger partial charge on any atom is 0.220 e. The molecule has 0 bridgehead atoms. The van der Waals surface area contributed by atoms with Crippen LogP contribution in [0.2, 0.25) is 0 Å². The predicted molar refractivity (Wildman–Crippen MR) is 79.6 cm³/mol. The number of nitrogens with two attached hydrogens (primary N) is 1. The lowest BCUT2D eigenvalue weighted by atomic mass is 9.94. The van der Waals surface area contributed by atoms with E-state index in [2.05, 4.69) is 19.2 Å². The first kappa shape index (κ1) is 16.6. The molecule has 0 fully saturated rings. The molecule has 0 aromatic heterocycles. The van der Waals surface area contributed by atoms with Gasteiger partial charge in [-0.15, -0.1) is 0 Å². The second kappa shape index (κ2) is 8.00. The molecule has 1 unspecified atom stereocenters. The fourth-order valence-corrected chi connectivity index (χ4v) is 2.33. The zero-order chi connectivity index (χ0) is 15.1. The van der Waals surface area contributed by atoms with Crippen LogP contribution in [0.25, 0.3) is 0 Å². The average molecular weight is 280 g/mol. The van der Waals surface area contributed by atoms with Gasteiger partial charge in [-0.25, -0.2) is 4.39 Å². The zero-order valence-corrected chi connectivity index (χ0v) is 12.5. The van der Waals surface area contributed by atoms with E-state index in [0.717, 1.165) is 12.0 Å². The van der Waals surface area contributed by atoms with Gasteiger partial charge in [0.05, 0.1) is 6.04 Å². The summed E-state index contributed by atoms with van der Waals surface area (Å²) in [5.41, 5.74) is 6.60. The lowest BCUT2D eigenvalue weighted by Gasteiger charge is -2.19. The van der Waals surface area contributed by atoms with Gasteiger partial charge < -0.3 is 11.1 Å². The molecule has 4 heteroatoms. The molecule has 1 aromatic rings. The summed E-state index contributed by atoms with van der Waals surface area (Å²) in [7, 11) is 0. The number of amides is 1. The maximum atomic E-state index is 12.9. The standard InChI is InChI=1S/C16H25FN2O/c1-11(2)8-13(10-18)9-16(20)19-12(3)14-4-6-15(17)7-5-14/h4-7,11-13H,8-10,18H2,1-3H3,(H,19,20)/t12-,13?/m0/s1. The Kier molecular flexibility index (Phi) is 6.65. The van der Waals surface area contributed by atoms with Gasteiger partial charge in [0.2, 0.25) is 5.91 Å². The Hall–Kier alpha value is -1.42. The molecular weight excluding hydrogens is 255 g/mol. The van der Waals surface area contributed by atoms with E-state index in [0.29, 0.717) is 18.9 Å². The van der Waals surface area contributed by atoms with Crippen LogP contribution >= 0.6 is 0 Å². The molecule has 1 aromatic carbocycles. The highest BCUT2D eigenvalue weighted by molar-refractivity contribution is 5.76. The molecule has 2 atom stereocenters.